The molecule has 0 saturated carbocycles. The Morgan fingerprint density at radius 1 is 1.00 bits per heavy atom. The molecule has 0 aliphatic heterocycles. The lowest BCUT2D eigenvalue weighted by Gasteiger charge is -2.14. The molecule has 0 aliphatic carbocycles. The van der Waals surface area contributed by atoms with E-state index in [0.717, 1.165) is 50.6 Å². The highest BCUT2D eigenvalue weighted by molar-refractivity contribution is 6.30. The van der Waals surface area contributed by atoms with Gasteiger partial charge in [0.2, 0.25) is 5.91 Å². The predicted molar refractivity (Wildman–Crippen MR) is 154 cm³/mol. The van der Waals surface area contributed by atoms with Gasteiger partial charge in [-0.2, -0.15) is 0 Å². The van der Waals surface area contributed by atoms with E-state index in [2.05, 4.69) is 28.9 Å². The first-order valence-electron chi connectivity index (χ1n) is 12.7. The first kappa shape index (κ1) is 25.6. The van der Waals surface area contributed by atoms with Crippen molar-refractivity contribution < 1.29 is 9.53 Å². The van der Waals surface area contributed by atoms with E-state index in [1.54, 1.807) is 7.11 Å². The van der Waals surface area contributed by atoms with Crippen LogP contribution in [0.25, 0.3) is 28.0 Å². The van der Waals surface area contributed by atoms with Gasteiger partial charge in [0, 0.05) is 23.2 Å². The number of pyridine rings is 1. The van der Waals surface area contributed by atoms with E-state index in [1.807, 2.05) is 85.8 Å². The van der Waals surface area contributed by atoms with Crippen molar-refractivity contribution >= 4 is 23.2 Å². The van der Waals surface area contributed by atoms with Gasteiger partial charge in [-0.1, -0.05) is 48.0 Å². The van der Waals surface area contributed by atoms with Gasteiger partial charge in [-0.25, -0.2) is 4.98 Å². The number of ether oxygens (including phenoxy) is 1. The molecule has 192 valence electrons. The van der Waals surface area contributed by atoms with Crippen LogP contribution < -0.4 is 10.1 Å². The van der Waals surface area contributed by atoms with Crippen molar-refractivity contribution in [1.82, 2.24) is 14.7 Å². The van der Waals surface area contributed by atoms with E-state index < -0.39 is 0 Å². The summed E-state index contributed by atoms with van der Waals surface area (Å²) in [5.74, 6) is 0.788. The number of hydrogen-bond acceptors (Lipinski definition) is 3. The van der Waals surface area contributed by atoms with Crippen molar-refractivity contribution in [2.45, 2.75) is 32.7 Å². The third-order valence-corrected chi connectivity index (χ3v) is 7.08. The number of benzene rings is 3. The van der Waals surface area contributed by atoms with Gasteiger partial charge in [0.1, 0.15) is 11.4 Å². The monoisotopic (exact) mass is 523 g/mol. The quantitative estimate of drug-likeness (QED) is 0.230. The number of methoxy groups -OCH3 is 1. The number of aromatic nitrogens is 2. The Hall–Kier alpha value is -4.09. The molecule has 5 aromatic rings. The Labute approximate surface area is 228 Å². The number of hydrogen-bond donors (Lipinski definition) is 1. The van der Waals surface area contributed by atoms with Gasteiger partial charge >= 0.3 is 0 Å². The highest BCUT2D eigenvalue weighted by Crippen LogP contribution is 2.31. The SMILES string of the molecule is COc1ccc(-c2nc3ccc(-c4ccc(Cl)cc4C)cn3c2CCC(=O)N[C@@H](C)c2ccccc2)cc1. The summed E-state index contributed by atoms with van der Waals surface area (Å²) in [6.07, 6.45) is 2.99. The Morgan fingerprint density at radius 2 is 1.74 bits per heavy atom. The van der Waals surface area contributed by atoms with Crippen molar-refractivity contribution in [2.24, 2.45) is 0 Å². The van der Waals surface area contributed by atoms with E-state index in [4.69, 9.17) is 21.3 Å². The summed E-state index contributed by atoms with van der Waals surface area (Å²) in [6.45, 7) is 4.06. The Bertz CT molecular complexity index is 1580. The Morgan fingerprint density at radius 3 is 2.45 bits per heavy atom. The normalized spacial score (nSPS) is 11.9. The maximum Gasteiger partial charge on any atom is 0.220 e. The van der Waals surface area contributed by atoms with Crippen molar-refractivity contribution in [3.63, 3.8) is 0 Å². The van der Waals surface area contributed by atoms with Crippen LogP contribution in [0.4, 0.5) is 0 Å². The first-order chi connectivity index (χ1) is 18.4. The largest absolute Gasteiger partial charge is 0.497 e. The Balaban J connectivity index is 1.49. The molecular weight excluding hydrogens is 494 g/mol. The average Bonchev–Trinajstić information content (AvgIpc) is 3.30. The van der Waals surface area contributed by atoms with Crippen molar-refractivity contribution in [1.29, 1.82) is 0 Å². The molecule has 1 amide bonds. The molecule has 0 saturated heterocycles. The summed E-state index contributed by atoms with van der Waals surface area (Å²) in [5, 5.41) is 3.85. The first-order valence-corrected chi connectivity index (χ1v) is 13.1. The maximum absolute atomic E-state index is 13.0. The van der Waals surface area contributed by atoms with Crippen molar-refractivity contribution in [2.75, 3.05) is 7.11 Å². The average molecular weight is 524 g/mol. The van der Waals surface area contributed by atoms with Gasteiger partial charge in [0.15, 0.2) is 0 Å². The van der Waals surface area contributed by atoms with Crippen molar-refractivity contribution in [3.05, 3.63) is 113 Å². The fourth-order valence-corrected chi connectivity index (χ4v) is 5.02. The third-order valence-electron chi connectivity index (χ3n) is 6.85. The lowest BCUT2D eigenvalue weighted by Crippen LogP contribution is -2.26. The fraction of sp³-hybridized carbons (Fsp3) is 0.188. The van der Waals surface area contributed by atoms with Gasteiger partial charge < -0.3 is 14.5 Å². The number of fused-ring (bicyclic) bond motifs is 1. The number of rotatable bonds is 8. The van der Waals surface area contributed by atoms with Crippen LogP contribution >= 0.6 is 11.6 Å². The number of aryl methyl sites for hydroxylation is 2. The second-order valence-electron chi connectivity index (χ2n) is 9.44. The van der Waals surface area contributed by atoms with Crippen LogP contribution in [0.2, 0.25) is 5.02 Å². The van der Waals surface area contributed by atoms with Crippen LogP contribution in [-0.4, -0.2) is 22.4 Å². The van der Waals surface area contributed by atoms with E-state index in [0.29, 0.717) is 17.9 Å². The predicted octanol–water partition coefficient (Wildman–Crippen LogP) is 7.45. The number of imidazole rings is 1. The molecule has 2 aromatic heterocycles. The minimum atomic E-state index is -0.0635. The van der Waals surface area contributed by atoms with E-state index >= 15 is 0 Å². The topological polar surface area (TPSA) is 55.6 Å². The second-order valence-corrected chi connectivity index (χ2v) is 9.88. The zero-order valence-electron chi connectivity index (χ0n) is 21.7. The molecule has 38 heavy (non-hydrogen) atoms. The molecule has 5 nitrogen and oxygen atoms in total. The molecule has 0 aliphatic rings. The number of carbonyl (C=O) groups excluding carboxylic acids is 1. The van der Waals surface area contributed by atoms with E-state index in [9.17, 15) is 4.79 Å². The minimum absolute atomic E-state index is 0.00156. The van der Waals surface area contributed by atoms with Crippen LogP contribution in [0.3, 0.4) is 0 Å². The molecule has 0 bridgehead atoms. The van der Waals surface area contributed by atoms with Crippen LogP contribution in [0, 0.1) is 6.92 Å². The third kappa shape index (κ3) is 5.43. The van der Waals surface area contributed by atoms with Crippen molar-refractivity contribution in [3.8, 4) is 28.1 Å². The number of carbonyl (C=O) groups is 1. The van der Waals surface area contributed by atoms with Gasteiger partial charge in [0.25, 0.3) is 0 Å². The molecule has 0 unspecified atom stereocenters. The van der Waals surface area contributed by atoms with Crippen LogP contribution in [0.1, 0.15) is 36.2 Å². The van der Waals surface area contributed by atoms with Gasteiger partial charge in [0.05, 0.1) is 24.5 Å². The zero-order valence-corrected chi connectivity index (χ0v) is 22.5. The summed E-state index contributed by atoms with van der Waals surface area (Å²) in [4.78, 5) is 18.0. The number of halogens is 1. The zero-order chi connectivity index (χ0) is 26.6. The molecular formula is C32H30ClN3O2. The van der Waals surface area contributed by atoms with Gasteiger partial charge in [-0.05, 0) is 91.1 Å². The number of amides is 1. The summed E-state index contributed by atoms with van der Waals surface area (Å²) < 4.78 is 7.45. The molecule has 0 spiro atoms. The van der Waals surface area contributed by atoms with Crippen LogP contribution in [-0.2, 0) is 11.2 Å². The van der Waals surface area contributed by atoms with E-state index in [-0.39, 0.29) is 11.9 Å². The van der Waals surface area contributed by atoms with Crippen LogP contribution in [0.5, 0.6) is 5.75 Å². The van der Waals surface area contributed by atoms with Gasteiger partial charge in [-0.15, -0.1) is 0 Å². The molecule has 1 N–H and O–H groups in total. The van der Waals surface area contributed by atoms with Crippen LogP contribution in [0.15, 0.2) is 91.1 Å². The molecule has 3 aromatic carbocycles. The molecule has 5 rings (SSSR count). The second kappa shape index (κ2) is 11.1. The summed E-state index contributed by atoms with van der Waals surface area (Å²) >= 11 is 6.20. The highest BCUT2D eigenvalue weighted by Gasteiger charge is 2.18. The number of nitrogens with zero attached hydrogens (tertiary/aromatic N) is 2. The fourth-order valence-electron chi connectivity index (χ4n) is 4.79. The van der Waals surface area contributed by atoms with E-state index in [1.165, 1.54) is 0 Å². The minimum Gasteiger partial charge on any atom is -0.497 e. The summed E-state index contributed by atoms with van der Waals surface area (Å²) in [5.41, 5.74) is 8.01. The van der Waals surface area contributed by atoms with Gasteiger partial charge in [-0.3, -0.25) is 4.79 Å². The lowest BCUT2D eigenvalue weighted by atomic mass is 10.0. The number of nitrogens with one attached hydrogen (secondary N) is 1. The molecule has 1 atom stereocenters. The maximum atomic E-state index is 13.0. The molecule has 6 heteroatoms. The molecule has 0 radical (unpaired) electrons. The summed E-state index contributed by atoms with van der Waals surface area (Å²) in [7, 11) is 1.65. The standard InChI is InChI=1S/C32H30ClN3O2/c1-21-19-26(33)12-15-28(21)25-11-17-30-35-32(24-9-13-27(38-3)14-10-24)29(36(30)20-25)16-18-31(37)34-22(2)23-7-5-4-6-8-23/h4-15,17,19-20,22H,16,18H2,1-3H3,(H,34,37)/t22-/m0/s1. The lowest BCUT2D eigenvalue weighted by molar-refractivity contribution is -0.121. The molecule has 0 fully saturated rings. The highest BCUT2D eigenvalue weighted by atomic mass is 35.5. The molecule has 2 heterocycles. The smallest absolute Gasteiger partial charge is 0.220 e. The Kier molecular flexibility index (Phi) is 7.47. The summed E-state index contributed by atoms with van der Waals surface area (Å²) in [6, 6.07) is 27.8.